The SMILES string of the molecule is C1=Cc2nc1c(-c1ccc(C3COC3)cc1)c1ccc([nH]1)c(-c1ccc(C3COC3)cc1)c1nc(c(-c3ccc(C4COC4)cc3)c3ccc([nH]3)c2-c2ccc(C3COC3)cc2)C=C1. The van der Waals surface area contributed by atoms with E-state index in [4.69, 9.17) is 28.9 Å². The Morgan fingerprint density at radius 1 is 0.297 bits per heavy atom. The fourth-order valence-corrected chi connectivity index (χ4v) is 9.82. The molecule has 0 radical (unpaired) electrons. The molecule has 13 rings (SSSR count). The molecule has 8 nitrogen and oxygen atoms in total. The van der Waals surface area contributed by atoms with Crippen molar-refractivity contribution < 1.29 is 18.9 Å². The summed E-state index contributed by atoms with van der Waals surface area (Å²) in [5.74, 6) is 1.74. The number of rotatable bonds is 8. The van der Waals surface area contributed by atoms with Crippen molar-refractivity contribution in [2.45, 2.75) is 23.7 Å². The van der Waals surface area contributed by atoms with Gasteiger partial charge in [0.1, 0.15) is 0 Å². The minimum atomic E-state index is 0.435. The molecule has 0 spiro atoms. The third-order valence-corrected chi connectivity index (χ3v) is 14.0. The molecule has 0 amide bonds. The van der Waals surface area contributed by atoms with E-state index in [1.54, 1.807) is 0 Å². The van der Waals surface area contributed by atoms with Crippen LogP contribution >= 0.6 is 0 Å². The Morgan fingerprint density at radius 3 is 0.703 bits per heavy atom. The molecule has 0 unspecified atom stereocenters. The van der Waals surface area contributed by atoms with Crippen LogP contribution in [0.25, 0.3) is 90.9 Å². The lowest BCUT2D eigenvalue weighted by molar-refractivity contribution is 0.00837. The molecule has 4 fully saturated rings. The highest BCUT2D eigenvalue weighted by molar-refractivity contribution is 6.00. The van der Waals surface area contributed by atoms with E-state index < -0.39 is 0 Å². The second-order valence-corrected chi connectivity index (χ2v) is 17.9. The molecule has 0 atom stereocenters. The van der Waals surface area contributed by atoms with E-state index in [2.05, 4.69) is 156 Å². The van der Waals surface area contributed by atoms with E-state index in [1.807, 2.05) is 0 Å². The molecule has 6 aliphatic rings. The number of H-pyrrole nitrogens is 2. The summed E-state index contributed by atoms with van der Waals surface area (Å²) in [6.45, 7) is 6.15. The predicted octanol–water partition coefficient (Wildman–Crippen LogP) is 11.8. The first-order valence-electron chi connectivity index (χ1n) is 22.6. The monoisotopic (exact) mass is 838 g/mol. The molecular weight excluding hydrogens is 793 g/mol. The maximum Gasteiger partial charge on any atom is 0.0737 e. The first-order chi connectivity index (χ1) is 31.7. The summed E-state index contributed by atoms with van der Waals surface area (Å²) in [4.78, 5) is 18.9. The number of aromatic nitrogens is 4. The minimum absolute atomic E-state index is 0.435. The molecule has 9 heterocycles. The zero-order valence-corrected chi connectivity index (χ0v) is 35.4. The third-order valence-electron chi connectivity index (χ3n) is 14.0. The van der Waals surface area contributed by atoms with Crippen molar-refractivity contribution in [3.05, 3.63) is 166 Å². The van der Waals surface area contributed by atoms with Gasteiger partial charge in [0.05, 0.1) is 75.6 Å². The van der Waals surface area contributed by atoms with Crippen LogP contribution in [0, 0.1) is 0 Å². The highest BCUT2D eigenvalue weighted by atomic mass is 16.5. The molecule has 4 aromatic carbocycles. The lowest BCUT2D eigenvalue weighted by atomic mass is 9.94. The summed E-state index contributed by atoms with van der Waals surface area (Å²) in [7, 11) is 0. The van der Waals surface area contributed by atoms with E-state index in [0.717, 1.165) is 142 Å². The molecule has 8 bridgehead atoms. The minimum Gasteiger partial charge on any atom is -0.380 e. The molecule has 0 saturated carbocycles. The summed E-state index contributed by atoms with van der Waals surface area (Å²) in [6.07, 6.45) is 8.69. The Bertz CT molecular complexity index is 2740. The van der Waals surface area contributed by atoms with Crippen molar-refractivity contribution in [1.29, 1.82) is 0 Å². The molecule has 0 aliphatic carbocycles. The van der Waals surface area contributed by atoms with Crippen LogP contribution in [0.2, 0.25) is 0 Å². The van der Waals surface area contributed by atoms with Crippen molar-refractivity contribution in [2.24, 2.45) is 0 Å². The third kappa shape index (κ3) is 6.60. The fourth-order valence-electron chi connectivity index (χ4n) is 9.82. The molecule has 7 aromatic rings. The molecule has 4 saturated heterocycles. The van der Waals surface area contributed by atoms with E-state index in [-0.39, 0.29) is 0 Å². The van der Waals surface area contributed by atoms with Gasteiger partial charge in [0.25, 0.3) is 0 Å². The van der Waals surface area contributed by atoms with Gasteiger partial charge in [0, 0.05) is 68.0 Å². The van der Waals surface area contributed by atoms with E-state index in [0.29, 0.717) is 23.7 Å². The number of hydrogen-bond acceptors (Lipinski definition) is 6. The second kappa shape index (κ2) is 15.5. The smallest absolute Gasteiger partial charge is 0.0737 e. The first kappa shape index (κ1) is 37.8. The molecule has 2 N–H and O–H groups in total. The first-order valence-corrected chi connectivity index (χ1v) is 22.6. The van der Waals surface area contributed by atoms with Gasteiger partial charge < -0.3 is 28.9 Å². The van der Waals surface area contributed by atoms with Gasteiger partial charge in [-0.25, -0.2) is 9.97 Å². The zero-order valence-electron chi connectivity index (χ0n) is 35.4. The lowest BCUT2D eigenvalue weighted by Crippen LogP contribution is -2.24. The standard InChI is InChI=1S/C56H46N4O4/c1-9-37(10-2-33(1)41-25-61-26-41)53-45-17-19-47(57-45)54(38-11-3-34(4-12-38)42-27-62-28-42)49-21-23-51(59-49)56(40-15-7-36(8-16-40)44-31-64-32-44)52-24-22-50(60-52)55(48-20-18-46(53)58-48)39-13-5-35(6-14-39)43-29-63-30-43/h1-24,41-44,57,60H,25-32H2. The summed E-state index contributed by atoms with van der Waals surface area (Å²) >= 11 is 0. The number of fused-ring (bicyclic) bond motifs is 8. The van der Waals surface area contributed by atoms with Crippen LogP contribution < -0.4 is 0 Å². The number of hydrogen-bond donors (Lipinski definition) is 2. The highest BCUT2D eigenvalue weighted by Gasteiger charge is 2.25. The van der Waals surface area contributed by atoms with Gasteiger partial charge in [-0.05, 0) is 93.1 Å². The van der Waals surface area contributed by atoms with E-state index >= 15 is 0 Å². The Hall–Kier alpha value is -6.68. The average Bonchev–Trinajstić information content (AvgIpc) is 4.09. The van der Waals surface area contributed by atoms with Crippen molar-refractivity contribution in [2.75, 3.05) is 52.9 Å². The van der Waals surface area contributed by atoms with Crippen LogP contribution in [0.1, 0.15) is 68.7 Å². The van der Waals surface area contributed by atoms with Crippen LogP contribution in [-0.4, -0.2) is 72.8 Å². The quantitative estimate of drug-likeness (QED) is 0.158. The number of nitrogens with zero attached hydrogens (tertiary/aromatic N) is 2. The Balaban J connectivity index is 1.09. The van der Waals surface area contributed by atoms with E-state index in [1.165, 1.54) is 22.3 Å². The van der Waals surface area contributed by atoms with Crippen LogP contribution in [0.5, 0.6) is 0 Å². The largest absolute Gasteiger partial charge is 0.380 e. The van der Waals surface area contributed by atoms with Gasteiger partial charge >= 0.3 is 0 Å². The average molecular weight is 839 g/mol. The highest BCUT2D eigenvalue weighted by Crippen LogP contribution is 2.40. The van der Waals surface area contributed by atoms with Crippen molar-refractivity contribution in [3.63, 3.8) is 0 Å². The Morgan fingerprint density at radius 2 is 0.516 bits per heavy atom. The van der Waals surface area contributed by atoms with Gasteiger partial charge in [0.15, 0.2) is 0 Å². The number of benzene rings is 4. The number of nitrogens with one attached hydrogen (secondary N) is 2. The maximum absolute atomic E-state index is 5.55. The van der Waals surface area contributed by atoms with Crippen molar-refractivity contribution in [1.82, 2.24) is 19.9 Å². The molecular formula is C56H46N4O4. The fraction of sp³-hybridized carbons (Fsp3) is 0.214. The second-order valence-electron chi connectivity index (χ2n) is 17.9. The van der Waals surface area contributed by atoms with Gasteiger partial charge in [-0.2, -0.15) is 0 Å². The lowest BCUT2D eigenvalue weighted by Gasteiger charge is -2.26. The Labute approximate surface area is 371 Å². The molecule has 6 aliphatic heterocycles. The predicted molar refractivity (Wildman–Crippen MR) is 255 cm³/mol. The van der Waals surface area contributed by atoms with Gasteiger partial charge in [-0.1, -0.05) is 97.1 Å². The van der Waals surface area contributed by atoms with Crippen LogP contribution in [0.15, 0.2) is 121 Å². The van der Waals surface area contributed by atoms with Crippen LogP contribution in [-0.2, 0) is 18.9 Å². The van der Waals surface area contributed by atoms with Gasteiger partial charge in [0.2, 0.25) is 0 Å². The zero-order chi connectivity index (χ0) is 42.1. The molecule has 314 valence electrons. The maximum atomic E-state index is 5.55. The van der Waals surface area contributed by atoms with Crippen LogP contribution in [0.3, 0.4) is 0 Å². The van der Waals surface area contributed by atoms with Crippen molar-refractivity contribution >= 4 is 46.4 Å². The number of ether oxygens (including phenoxy) is 4. The van der Waals surface area contributed by atoms with Crippen LogP contribution in [0.4, 0.5) is 0 Å². The van der Waals surface area contributed by atoms with Gasteiger partial charge in [-0.15, -0.1) is 0 Å². The summed E-state index contributed by atoms with van der Waals surface area (Å²) < 4.78 is 22.2. The Kier molecular flexibility index (Phi) is 9.19. The summed E-state index contributed by atoms with van der Waals surface area (Å²) in [5.41, 5.74) is 21.3. The topological polar surface area (TPSA) is 94.3 Å². The van der Waals surface area contributed by atoms with E-state index in [9.17, 15) is 0 Å². The summed E-state index contributed by atoms with van der Waals surface area (Å²) in [6, 6.07) is 44.7. The number of aromatic amines is 2. The molecule has 8 heteroatoms. The molecule has 64 heavy (non-hydrogen) atoms. The summed E-state index contributed by atoms with van der Waals surface area (Å²) in [5, 5.41) is 0. The van der Waals surface area contributed by atoms with Gasteiger partial charge in [-0.3, -0.25) is 0 Å². The van der Waals surface area contributed by atoms with Crippen molar-refractivity contribution in [3.8, 4) is 44.5 Å². The molecule has 3 aromatic heterocycles. The normalized spacial score (nSPS) is 17.5.